The van der Waals surface area contributed by atoms with Gasteiger partial charge in [-0.15, -0.1) is 10.2 Å². The van der Waals surface area contributed by atoms with E-state index in [1.54, 1.807) is 18.9 Å². The second-order valence-corrected chi connectivity index (χ2v) is 8.22. The minimum absolute atomic E-state index is 0.747. The SMILES string of the molecule is COc1ccc(-c2nnc(SCc3ccc(Cl)cc3)n2CCc2ccccc2)cc1. The van der Waals surface area contributed by atoms with Crippen LogP contribution in [0.4, 0.5) is 0 Å². The van der Waals surface area contributed by atoms with Gasteiger partial charge in [-0.3, -0.25) is 0 Å². The van der Waals surface area contributed by atoms with Crippen LogP contribution in [0.25, 0.3) is 11.4 Å². The average molecular weight is 436 g/mol. The normalized spacial score (nSPS) is 10.9. The Morgan fingerprint density at radius 2 is 1.60 bits per heavy atom. The molecule has 0 spiro atoms. The highest BCUT2D eigenvalue weighted by atomic mass is 35.5. The van der Waals surface area contributed by atoms with Crippen molar-refractivity contribution in [3.05, 3.63) is 95.0 Å². The fourth-order valence-corrected chi connectivity index (χ4v) is 4.21. The van der Waals surface area contributed by atoms with Gasteiger partial charge in [-0.05, 0) is 53.9 Å². The van der Waals surface area contributed by atoms with Gasteiger partial charge in [-0.25, -0.2) is 0 Å². The van der Waals surface area contributed by atoms with Gasteiger partial charge in [0, 0.05) is 22.9 Å². The molecular weight excluding hydrogens is 414 g/mol. The zero-order chi connectivity index (χ0) is 20.8. The molecule has 0 aliphatic rings. The largest absolute Gasteiger partial charge is 0.497 e. The summed E-state index contributed by atoms with van der Waals surface area (Å²) in [5.41, 5.74) is 3.52. The lowest BCUT2D eigenvalue weighted by molar-refractivity contribution is 0.415. The summed E-state index contributed by atoms with van der Waals surface area (Å²) in [4.78, 5) is 0. The smallest absolute Gasteiger partial charge is 0.191 e. The second-order valence-electron chi connectivity index (χ2n) is 6.84. The predicted molar refractivity (Wildman–Crippen MR) is 123 cm³/mol. The monoisotopic (exact) mass is 435 g/mol. The van der Waals surface area contributed by atoms with Gasteiger partial charge in [-0.1, -0.05) is 65.8 Å². The summed E-state index contributed by atoms with van der Waals surface area (Å²) in [5, 5.41) is 10.7. The molecule has 4 aromatic rings. The molecule has 152 valence electrons. The molecule has 30 heavy (non-hydrogen) atoms. The van der Waals surface area contributed by atoms with E-state index in [9.17, 15) is 0 Å². The van der Waals surface area contributed by atoms with Crippen molar-refractivity contribution >= 4 is 23.4 Å². The van der Waals surface area contributed by atoms with E-state index in [2.05, 4.69) is 39.0 Å². The number of rotatable bonds is 8. The van der Waals surface area contributed by atoms with E-state index in [-0.39, 0.29) is 0 Å². The molecular formula is C24H22ClN3OS. The third-order valence-corrected chi connectivity index (χ3v) is 6.10. The highest BCUT2D eigenvalue weighted by molar-refractivity contribution is 7.98. The summed E-state index contributed by atoms with van der Waals surface area (Å²) in [6.45, 7) is 0.807. The first-order chi connectivity index (χ1) is 14.7. The molecule has 0 saturated heterocycles. The van der Waals surface area contributed by atoms with Crippen molar-refractivity contribution in [2.45, 2.75) is 23.9 Å². The van der Waals surface area contributed by atoms with Crippen LogP contribution in [-0.2, 0) is 18.7 Å². The van der Waals surface area contributed by atoms with Gasteiger partial charge in [0.25, 0.3) is 0 Å². The van der Waals surface area contributed by atoms with Crippen LogP contribution < -0.4 is 4.74 Å². The van der Waals surface area contributed by atoms with Crippen molar-refractivity contribution in [3.63, 3.8) is 0 Å². The lowest BCUT2D eigenvalue weighted by Gasteiger charge is -2.11. The first-order valence-electron chi connectivity index (χ1n) is 9.72. The van der Waals surface area contributed by atoms with Crippen LogP contribution in [0, 0.1) is 0 Å². The summed E-state index contributed by atoms with van der Waals surface area (Å²) < 4.78 is 7.49. The van der Waals surface area contributed by atoms with Gasteiger partial charge >= 0.3 is 0 Å². The van der Waals surface area contributed by atoms with Crippen LogP contribution in [-0.4, -0.2) is 21.9 Å². The Morgan fingerprint density at radius 1 is 0.867 bits per heavy atom. The van der Waals surface area contributed by atoms with Crippen LogP contribution in [0.1, 0.15) is 11.1 Å². The van der Waals surface area contributed by atoms with Gasteiger partial charge in [0.05, 0.1) is 7.11 Å². The van der Waals surface area contributed by atoms with Gasteiger partial charge < -0.3 is 9.30 Å². The van der Waals surface area contributed by atoms with Gasteiger partial charge in [0.1, 0.15) is 5.75 Å². The number of hydrogen-bond donors (Lipinski definition) is 0. The van der Waals surface area contributed by atoms with Crippen molar-refractivity contribution in [3.8, 4) is 17.1 Å². The van der Waals surface area contributed by atoms with Crippen LogP contribution >= 0.6 is 23.4 Å². The molecule has 0 aliphatic carbocycles. The zero-order valence-corrected chi connectivity index (χ0v) is 18.2. The molecule has 0 atom stereocenters. The standard InChI is InChI=1S/C24H22ClN3OS/c1-29-22-13-9-20(10-14-22)23-26-27-24(30-17-19-7-11-21(25)12-8-19)28(23)16-15-18-5-3-2-4-6-18/h2-14H,15-17H2,1H3. The van der Waals surface area contributed by atoms with Crippen LogP contribution in [0.5, 0.6) is 5.75 Å². The molecule has 0 N–H and O–H groups in total. The topological polar surface area (TPSA) is 39.9 Å². The molecule has 3 aromatic carbocycles. The van der Waals surface area contributed by atoms with E-state index in [0.717, 1.165) is 46.0 Å². The molecule has 0 saturated carbocycles. The number of aryl methyl sites for hydroxylation is 1. The average Bonchev–Trinajstić information content (AvgIpc) is 3.21. The van der Waals surface area contributed by atoms with E-state index in [0.29, 0.717) is 0 Å². The number of nitrogens with zero attached hydrogens (tertiary/aromatic N) is 3. The lowest BCUT2D eigenvalue weighted by Crippen LogP contribution is -2.05. The van der Waals surface area contributed by atoms with E-state index in [1.807, 2.05) is 54.6 Å². The molecule has 0 unspecified atom stereocenters. The molecule has 0 bridgehead atoms. The van der Waals surface area contributed by atoms with Crippen molar-refractivity contribution in [2.75, 3.05) is 7.11 Å². The van der Waals surface area contributed by atoms with E-state index in [4.69, 9.17) is 16.3 Å². The number of benzene rings is 3. The number of methoxy groups -OCH3 is 1. The molecule has 4 rings (SSSR count). The first kappa shape index (κ1) is 20.5. The zero-order valence-electron chi connectivity index (χ0n) is 16.7. The Kier molecular flexibility index (Phi) is 6.72. The Labute approximate surface area is 185 Å². The third-order valence-electron chi connectivity index (χ3n) is 4.81. The molecule has 1 heterocycles. The maximum Gasteiger partial charge on any atom is 0.191 e. The summed E-state index contributed by atoms with van der Waals surface area (Å²) in [7, 11) is 1.67. The van der Waals surface area contributed by atoms with Crippen LogP contribution in [0.3, 0.4) is 0 Å². The molecule has 0 fully saturated rings. The minimum atomic E-state index is 0.747. The molecule has 0 aliphatic heterocycles. The highest BCUT2D eigenvalue weighted by Crippen LogP contribution is 2.28. The quantitative estimate of drug-likeness (QED) is 0.311. The fraction of sp³-hybridized carbons (Fsp3) is 0.167. The molecule has 4 nitrogen and oxygen atoms in total. The van der Waals surface area contributed by atoms with Gasteiger partial charge in [-0.2, -0.15) is 0 Å². The molecule has 0 radical (unpaired) electrons. The number of halogens is 1. The van der Waals surface area contributed by atoms with Crippen molar-refractivity contribution in [1.29, 1.82) is 0 Å². The van der Waals surface area contributed by atoms with Gasteiger partial charge in [0.15, 0.2) is 11.0 Å². The number of ether oxygens (including phenoxy) is 1. The van der Waals surface area contributed by atoms with Crippen molar-refractivity contribution in [1.82, 2.24) is 14.8 Å². The first-order valence-corrected chi connectivity index (χ1v) is 11.1. The van der Waals surface area contributed by atoms with E-state index >= 15 is 0 Å². The van der Waals surface area contributed by atoms with Crippen molar-refractivity contribution in [2.24, 2.45) is 0 Å². The summed E-state index contributed by atoms with van der Waals surface area (Å²) >= 11 is 7.69. The molecule has 0 amide bonds. The van der Waals surface area contributed by atoms with Gasteiger partial charge in [0.2, 0.25) is 0 Å². The molecule has 6 heteroatoms. The maximum atomic E-state index is 6.00. The fourth-order valence-electron chi connectivity index (χ4n) is 3.16. The minimum Gasteiger partial charge on any atom is -0.497 e. The predicted octanol–water partition coefficient (Wildman–Crippen LogP) is 6.14. The number of thioether (sulfide) groups is 1. The lowest BCUT2D eigenvalue weighted by atomic mass is 10.1. The summed E-state index contributed by atoms with van der Waals surface area (Å²) in [6.07, 6.45) is 0.913. The number of aromatic nitrogens is 3. The highest BCUT2D eigenvalue weighted by Gasteiger charge is 2.15. The summed E-state index contributed by atoms with van der Waals surface area (Å²) in [5.74, 6) is 2.50. The van der Waals surface area contributed by atoms with E-state index < -0.39 is 0 Å². The van der Waals surface area contributed by atoms with Crippen LogP contribution in [0.2, 0.25) is 5.02 Å². The molecule has 1 aromatic heterocycles. The van der Waals surface area contributed by atoms with Crippen LogP contribution in [0.15, 0.2) is 84.0 Å². The Hall–Kier alpha value is -2.76. The second kappa shape index (κ2) is 9.83. The number of hydrogen-bond acceptors (Lipinski definition) is 4. The Balaban J connectivity index is 1.59. The van der Waals surface area contributed by atoms with Crippen molar-refractivity contribution < 1.29 is 4.74 Å². The Bertz CT molecular complexity index is 1080. The summed E-state index contributed by atoms with van der Waals surface area (Å²) in [6, 6.07) is 26.4. The maximum absolute atomic E-state index is 6.00. The Morgan fingerprint density at radius 3 is 2.30 bits per heavy atom. The third kappa shape index (κ3) is 5.04. The van der Waals surface area contributed by atoms with E-state index in [1.165, 1.54) is 11.1 Å².